The second-order valence-electron chi connectivity index (χ2n) is 3.53. The molecule has 1 aromatic rings. The molecule has 0 bridgehead atoms. The number of nitrogens with zero attached hydrogens (tertiary/aromatic N) is 1. The van der Waals surface area contributed by atoms with E-state index in [0.717, 1.165) is 12.8 Å². The van der Waals surface area contributed by atoms with Crippen LogP contribution in [0, 0.1) is 0 Å². The minimum atomic E-state index is -3.41. The predicted octanol–water partition coefficient (Wildman–Crippen LogP) is -0.922. The zero-order valence-electron chi connectivity index (χ0n) is 8.03. The normalized spacial score (nSPS) is 16.8. The summed E-state index contributed by atoms with van der Waals surface area (Å²) < 4.78 is 27.7. The second kappa shape index (κ2) is 3.80. The highest BCUT2D eigenvalue weighted by atomic mass is 32.2. The summed E-state index contributed by atoms with van der Waals surface area (Å²) in [5.74, 6) is 0.379. The maximum Gasteiger partial charge on any atom is 0.277 e. The van der Waals surface area contributed by atoms with Gasteiger partial charge in [0, 0.05) is 18.2 Å². The van der Waals surface area contributed by atoms with Gasteiger partial charge < -0.3 is 5.73 Å². The molecular weight excluding hydrogens is 218 g/mol. The molecule has 2 rings (SSSR count). The van der Waals surface area contributed by atoms with Gasteiger partial charge in [0.25, 0.3) is 10.2 Å². The Morgan fingerprint density at radius 3 is 2.87 bits per heavy atom. The zero-order chi connectivity index (χ0) is 10.9. The lowest BCUT2D eigenvalue weighted by molar-refractivity contribution is 0.565. The molecule has 1 aliphatic carbocycles. The number of nitrogen functional groups attached to an aromatic ring is 1. The minimum absolute atomic E-state index is 0.101. The summed E-state index contributed by atoms with van der Waals surface area (Å²) in [6, 6.07) is 0.101. The molecular formula is C7H13N5O2S. The first kappa shape index (κ1) is 10.4. The van der Waals surface area contributed by atoms with Crippen molar-refractivity contribution in [3.8, 4) is 0 Å². The smallest absolute Gasteiger partial charge is 0.277 e. The van der Waals surface area contributed by atoms with Gasteiger partial charge in [0.1, 0.15) is 5.82 Å². The highest BCUT2D eigenvalue weighted by molar-refractivity contribution is 7.87. The van der Waals surface area contributed by atoms with E-state index in [1.807, 2.05) is 0 Å². The van der Waals surface area contributed by atoms with Crippen LogP contribution in [-0.4, -0.2) is 24.7 Å². The van der Waals surface area contributed by atoms with Crippen molar-refractivity contribution >= 4 is 16.0 Å². The van der Waals surface area contributed by atoms with E-state index in [-0.39, 0.29) is 12.6 Å². The van der Waals surface area contributed by atoms with Crippen LogP contribution >= 0.6 is 0 Å². The molecule has 0 radical (unpaired) electrons. The zero-order valence-corrected chi connectivity index (χ0v) is 8.84. The maximum absolute atomic E-state index is 11.4. The Labute approximate surface area is 87.6 Å². The third-order valence-electron chi connectivity index (χ3n) is 2.10. The molecule has 0 unspecified atom stereocenters. The van der Waals surface area contributed by atoms with Crippen molar-refractivity contribution < 1.29 is 8.42 Å². The van der Waals surface area contributed by atoms with Crippen LogP contribution in [-0.2, 0) is 16.8 Å². The lowest BCUT2D eigenvalue weighted by atomic mass is 10.3. The van der Waals surface area contributed by atoms with Crippen LogP contribution in [0.3, 0.4) is 0 Å². The van der Waals surface area contributed by atoms with Crippen molar-refractivity contribution in [1.29, 1.82) is 0 Å². The van der Waals surface area contributed by atoms with Crippen molar-refractivity contribution in [2.75, 3.05) is 5.73 Å². The van der Waals surface area contributed by atoms with Crippen molar-refractivity contribution in [3.63, 3.8) is 0 Å². The number of aromatic nitrogens is 2. The molecule has 0 aromatic carbocycles. The Bertz CT molecular complexity index is 436. The molecule has 1 heterocycles. The maximum atomic E-state index is 11.4. The molecule has 1 saturated carbocycles. The third kappa shape index (κ3) is 2.91. The van der Waals surface area contributed by atoms with E-state index in [4.69, 9.17) is 5.73 Å². The van der Waals surface area contributed by atoms with Crippen molar-refractivity contribution in [1.82, 2.24) is 19.6 Å². The number of rotatable bonds is 5. The van der Waals surface area contributed by atoms with E-state index in [1.54, 1.807) is 0 Å². The number of nitrogens with one attached hydrogen (secondary N) is 3. The summed E-state index contributed by atoms with van der Waals surface area (Å²) in [6.45, 7) is 0.143. The summed E-state index contributed by atoms with van der Waals surface area (Å²) in [7, 11) is -3.41. The first-order chi connectivity index (χ1) is 7.07. The predicted molar refractivity (Wildman–Crippen MR) is 54.9 cm³/mol. The van der Waals surface area contributed by atoms with Crippen LogP contribution in [0.25, 0.3) is 0 Å². The largest absolute Gasteiger partial charge is 0.384 e. The van der Waals surface area contributed by atoms with Gasteiger partial charge in [-0.2, -0.15) is 23.0 Å². The van der Waals surface area contributed by atoms with Crippen LogP contribution in [0.4, 0.5) is 5.82 Å². The molecule has 7 nitrogen and oxygen atoms in total. The van der Waals surface area contributed by atoms with Crippen LogP contribution in [0.1, 0.15) is 18.4 Å². The van der Waals surface area contributed by atoms with Gasteiger partial charge in [-0.05, 0) is 12.8 Å². The van der Waals surface area contributed by atoms with Gasteiger partial charge in [-0.25, -0.2) is 0 Å². The van der Waals surface area contributed by atoms with Crippen LogP contribution in [0.2, 0.25) is 0 Å². The quantitative estimate of drug-likeness (QED) is 0.524. The third-order valence-corrected chi connectivity index (χ3v) is 3.27. The van der Waals surface area contributed by atoms with E-state index in [9.17, 15) is 8.42 Å². The molecule has 0 amide bonds. The number of nitrogens with two attached hydrogens (primary N) is 1. The summed E-state index contributed by atoms with van der Waals surface area (Å²) in [6.07, 6.45) is 3.32. The number of hydrogen-bond acceptors (Lipinski definition) is 4. The molecule has 15 heavy (non-hydrogen) atoms. The van der Waals surface area contributed by atoms with Crippen molar-refractivity contribution in [2.45, 2.75) is 25.4 Å². The van der Waals surface area contributed by atoms with E-state index in [1.165, 1.54) is 6.20 Å². The lowest BCUT2D eigenvalue weighted by Gasteiger charge is -2.06. The van der Waals surface area contributed by atoms with E-state index in [2.05, 4.69) is 19.6 Å². The fraction of sp³-hybridized carbons (Fsp3) is 0.571. The van der Waals surface area contributed by atoms with Crippen LogP contribution < -0.4 is 15.2 Å². The number of aromatic amines is 1. The van der Waals surface area contributed by atoms with Gasteiger partial charge in [-0.3, -0.25) is 5.10 Å². The summed E-state index contributed by atoms with van der Waals surface area (Å²) in [4.78, 5) is 0. The van der Waals surface area contributed by atoms with Crippen molar-refractivity contribution in [3.05, 3.63) is 11.8 Å². The van der Waals surface area contributed by atoms with Gasteiger partial charge >= 0.3 is 0 Å². The van der Waals surface area contributed by atoms with E-state index >= 15 is 0 Å². The monoisotopic (exact) mass is 231 g/mol. The molecule has 0 aliphatic heterocycles. The summed E-state index contributed by atoms with van der Waals surface area (Å²) >= 11 is 0. The SMILES string of the molecule is Nc1[nH]ncc1CNS(=O)(=O)NC1CC1. The van der Waals surface area contributed by atoms with Gasteiger partial charge in [-0.15, -0.1) is 0 Å². The fourth-order valence-corrected chi connectivity index (χ4v) is 2.20. The Kier molecular flexibility index (Phi) is 2.63. The molecule has 0 spiro atoms. The Morgan fingerprint density at radius 2 is 2.33 bits per heavy atom. The van der Waals surface area contributed by atoms with Gasteiger partial charge in [-0.1, -0.05) is 0 Å². The van der Waals surface area contributed by atoms with Crippen LogP contribution in [0.15, 0.2) is 6.20 Å². The van der Waals surface area contributed by atoms with Gasteiger partial charge in [0.15, 0.2) is 0 Å². The van der Waals surface area contributed by atoms with Crippen LogP contribution in [0.5, 0.6) is 0 Å². The molecule has 5 N–H and O–H groups in total. The average molecular weight is 231 g/mol. The Balaban J connectivity index is 1.89. The Hall–Kier alpha value is -1.12. The first-order valence-corrected chi connectivity index (χ1v) is 6.10. The molecule has 1 aromatic heterocycles. The van der Waals surface area contributed by atoms with Crippen molar-refractivity contribution in [2.24, 2.45) is 0 Å². The second-order valence-corrected chi connectivity index (χ2v) is 5.06. The van der Waals surface area contributed by atoms with Gasteiger partial charge in [0.2, 0.25) is 0 Å². The molecule has 84 valence electrons. The summed E-state index contributed by atoms with van der Waals surface area (Å²) in [5.41, 5.74) is 6.15. The van der Waals surface area contributed by atoms with E-state index in [0.29, 0.717) is 11.4 Å². The Morgan fingerprint density at radius 1 is 1.60 bits per heavy atom. The van der Waals surface area contributed by atoms with Gasteiger partial charge in [0.05, 0.1) is 6.20 Å². The fourth-order valence-electron chi connectivity index (χ4n) is 1.10. The average Bonchev–Trinajstić information content (AvgIpc) is 2.84. The minimum Gasteiger partial charge on any atom is -0.384 e. The first-order valence-electron chi connectivity index (χ1n) is 4.61. The number of anilines is 1. The highest BCUT2D eigenvalue weighted by Crippen LogP contribution is 2.19. The molecule has 0 atom stereocenters. The van der Waals surface area contributed by atoms with E-state index < -0.39 is 10.2 Å². The standard InChI is InChI=1S/C7H13N5O2S/c8-7-5(3-9-11-7)4-10-15(13,14)12-6-1-2-6/h3,6,10,12H,1-2,4H2,(H3,8,9,11). The molecule has 8 heteroatoms. The molecule has 1 fully saturated rings. The highest BCUT2D eigenvalue weighted by Gasteiger charge is 2.26. The number of hydrogen-bond donors (Lipinski definition) is 4. The molecule has 1 aliphatic rings. The lowest BCUT2D eigenvalue weighted by Crippen LogP contribution is -2.37. The topological polar surface area (TPSA) is 113 Å². The number of H-pyrrole nitrogens is 1. The summed E-state index contributed by atoms with van der Waals surface area (Å²) in [5, 5.41) is 6.22. The molecule has 0 saturated heterocycles.